The second-order valence-corrected chi connectivity index (χ2v) is 15.2. The van der Waals surface area contributed by atoms with E-state index in [9.17, 15) is 0 Å². The number of fused-ring (bicyclic) bond motifs is 10. The first kappa shape index (κ1) is 31.0. The van der Waals surface area contributed by atoms with Crippen molar-refractivity contribution in [2.45, 2.75) is 33.1 Å². The van der Waals surface area contributed by atoms with Crippen LogP contribution in [0.4, 0.5) is 22.9 Å². The molecule has 0 atom stereocenters. The van der Waals surface area contributed by atoms with E-state index < -0.39 is 0 Å². The van der Waals surface area contributed by atoms with Gasteiger partial charge in [-0.15, -0.1) is 0 Å². The zero-order valence-electron chi connectivity index (χ0n) is 30.6. The predicted molar refractivity (Wildman–Crippen MR) is 218 cm³/mol. The van der Waals surface area contributed by atoms with E-state index in [1.807, 2.05) is 12.3 Å². The van der Waals surface area contributed by atoms with Crippen molar-refractivity contribution in [1.82, 2.24) is 9.55 Å². The van der Waals surface area contributed by atoms with E-state index in [1.54, 1.807) is 0 Å². The highest BCUT2D eigenvalue weighted by atomic mass is 16.5. The van der Waals surface area contributed by atoms with Crippen molar-refractivity contribution >= 4 is 46.4 Å². The van der Waals surface area contributed by atoms with Gasteiger partial charge in [-0.3, -0.25) is 9.13 Å². The third-order valence-corrected chi connectivity index (χ3v) is 11.7. The van der Waals surface area contributed by atoms with Crippen molar-refractivity contribution in [3.63, 3.8) is 0 Å². The summed E-state index contributed by atoms with van der Waals surface area (Å²) in [5.41, 5.74) is 16.2. The van der Waals surface area contributed by atoms with Gasteiger partial charge >= 0.3 is 6.98 Å². The van der Waals surface area contributed by atoms with E-state index in [4.69, 9.17) is 9.72 Å². The zero-order chi connectivity index (χ0) is 36.3. The molecule has 0 fully saturated rings. The first-order chi connectivity index (χ1) is 26.4. The SMILES string of the molecule is Cc1cccc(C)c1N1B2c3ccccc3-c3ccc(Oc4ccc5c(c4)-n4[c-][n+](-c6ccccc6)c6cccc(c64)C5(C)C)cc3N2c2ncccc21. The van der Waals surface area contributed by atoms with Crippen molar-refractivity contribution in [3.05, 3.63) is 174 Å². The smallest absolute Gasteiger partial charge is 0.422 e. The molecule has 54 heavy (non-hydrogen) atoms. The van der Waals surface area contributed by atoms with Crippen molar-refractivity contribution in [2.24, 2.45) is 0 Å². The summed E-state index contributed by atoms with van der Waals surface area (Å²) in [7, 11) is 0. The van der Waals surface area contributed by atoms with Crippen molar-refractivity contribution in [3.8, 4) is 34.0 Å². The molecule has 0 N–H and O–H groups in total. The molecule has 0 saturated heterocycles. The second-order valence-electron chi connectivity index (χ2n) is 15.2. The third-order valence-electron chi connectivity index (χ3n) is 11.7. The molecule has 11 rings (SSSR count). The zero-order valence-corrected chi connectivity index (χ0v) is 30.6. The number of para-hydroxylation sites is 3. The Balaban J connectivity index is 1.05. The van der Waals surface area contributed by atoms with E-state index in [0.717, 1.165) is 51.1 Å². The van der Waals surface area contributed by atoms with Crippen LogP contribution in [0.2, 0.25) is 0 Å². The van der Waals surface area contributed by atoms with Crippen LogP contribution in [-0.4, -0.2) is 16.5 Å². The molecule has 0 unspecified atom stereocenters. The Hall–Kier alpha value is -6.60. The van der Waals surface area contributed by atoms with E-state index in [-0.39, 0.29) is 12.4 Å². The summed E-state index contributed by atoms with van der Waals surface area (Å²) >= 11 is 0. The lowest BCUT2D eigenvalue weighted by Crippen LogP contribution is -2.56. The molecule has 0 aliphatic carbocycles. The molecule has 7 heteroatoms. The van der Waals surface area contributed by atoms with Gasteiger partial charge in [0.25, 0.3) is 6.33 Å². The molecule has 0 amide bonds. The monoisotopic (exact) mass is 697 g/mol. The van der Waals surface area contributed by atoms with E-state index in [0.29, 0.717) is 0 Å². The van der Waals surface area contributed by atoms with E-state index >= 15 is 0 Å². The van der Waals surface area contributed by atoms with Crippen LogP contribution in [0.25, 0.3) is 33.5 Å². The van der Waals surface area contributed by atoms with Gasteiger partial charge in [-0.25, -0.2) is 4.98 Å². The largest absolute Gasteiger partial charge is 0.458 e. The lowest BCUT2D eigenvalue weighted by atomic mass is 9.59. The van der Waals surface area contributed by atoms with Gasteiger partial charge in [-0.05, 0) is 95.7 Å². The van der Waals surface area contributed by atoms with Gasteiger partial charge in [0.05, 0.1) is 28.1 Å². The van der Waals surface area contributed by atoms with Crippen LogP contribution >= 0.6 is 0 Å². The highest BCUT2D eigenvalue weighted by Gasteiger charge is 2.49. The fraction of sp³-hybridized carbons (Fsp3) is 0.106. The van der Waals surface area contributed by atoms with Crippen LogP contribution in [0, 0.1) is 20.2 Å². The lowest BCUT2D eigenvalue weighted by molar-refractivity contribution is -0.572. The summed E-state index contributed by atoms with van der Waals surface area (Å²) in [5.74, 6) is 2.48. The first-order valence-electron chi connectivity index (χ1n) is 18.6. The van der Waals surface area contributed by atoms with Gasteiger partial charge < -0.3 is 14.4 Å². The Labute approximate surface area is 315 Å². The fourth-order valence-corrected chi connectivity index (χ4v) is 9.22. The molecular formula is C47H36BN5O. The third kappa shape index (κ3) is 4.23. The molecule has 0 bridgehead atoms. The molecule has 0 radical (unpaired) electrons. The highest BCUT2D eigenvalue weighted by Crippen LogP contribution is 2.52. The first-order valence-corrected chi connectivity index (χ1v) is 18.6. The van der Waals surface area contributed by atoms with Crippen LogP contribution in [0.15, 0.2) is 146 Å². The normalized spacial score (nSPS) is 14.3. The number of nitrogens with zero attached hydrogens (tertiary/aromatic N) is 5. The number of pyridine rings is 1. The van der Waals surface area contributed by atoms with E-state index in [2.05, 4.69) is 186 Å². The van der Waals surface area contributed by atoms with Gasteiger partial charge in [0, 0.05) is 34.6 Å². The average Bonchev–Trinajstić information content (AvgIpc) is 3.75. The standard InChI is InChI=1S/C47H36BN5O/c1-30-13-10-14-31(2)44(30)52-41-21-12-26-49-46(41)53-42-27-33(22-24-36(42)35-17-8-9-19-39(35)48(52)53)54-34-23-25-37-43(28-34)51-29-50(32-15-6-5-7-16-32)40-20-11-18-38(45(40)51)47(37,3)4/h5-28H,1-4H3. The number of ether oxygens (including phenoxy) is 1. The summed E-state index contributed by atoms with van der Waals surface area (Å²) in [6, 6.07) is 49.6. The number of hydrogen-bond donors (Lipinski definition) is 0. The average molecular weight is 698 g/mol. The molecule has 0 saturated carbocycles. The van der Waals surface area contributed by atoms with Crippen LogP contribution in [-0.2, 0) is 5.41 Å². The number of hydrogen-bond acceptors (Lipinski definition) is 4. The number of imidazole rings is 1. The van der Waals surface area contributed by atoms with Gasteiger partial charge in [-0.2, -0.15) is 0 Å². The Morgan fingerprint density at radius 1 is 0.648 bits per heavy atom. The van der Waals surface area contributed by atoms with Gasteiger partial charge in [0.1, 0.15) is 17.3 Å². The van der Waals surface area contributed by atoms with Crippen LogP contribution in [0.1, 0.15) is 36.1 Å². The van der Waals surface area contributed by atoms with E-state index in [1.165, 1.54) is 44.5 Å². The summed E-state index contributed by atoms with van der Waals surface area (Å²) in [6.07, 6.45) is 5.60. The molecule has 5 heterocycles. The summed E-state index contributed by atoms with van der Waals surface area (Å²) in [6.45, 7) is 8.91. The maximum absolute atomic E-state index is 6.83. The van der Waals surface area contributed by atoms with Gasteiger partial charge in [0.15, 0.2) is 0 Å². The maximum atomic E-state index is 6.83. The number of anilines is 4. The minimum absolute atomic E-state index is 0.109. The van der Waals surface area contributed by atoms with Gasteiger partial charge in [-0.1, -0.05) is 98.8 Å². The summed E-state index contributed by atoms with van der Waals surface area (Å²) in [5, 5.41) is 0. The Bertz CT molecular complexity index is 2820. The van der Waals surface area contributed by atoms with Crippen LogP contribution in [0.3, 0.4) is 0 Å². The molecule has 3 aliphatic rings. The van der Waals surface area contributed by atoms with Crippen molar-refractivity contribution in [2.75, 3.05) is 9.62 Å². The lowest BCUT2D eigenvalue weighted by Gasteiger charge is -2.37. The number of rotatable bonds is 4. The summed E-state index contributed by atoms with van der Waals surface area (Å²) < 4.78 is 11.2. The van der Waals surface area contributed by atoms with Crippen LogP contribution in [0.5, 0.6) is 11.5 Å². The van der Waals surface area contributed by atoms with Gasteiger partial charge in [0.2, 0.25) is 0 Å². The highest BCUT2D eigenvalue weighted by molar-refractivity contribution is 6.86. The fourth-order valence-electron chi connectivity index (χ4n) is 9.22. The quantitative estimate of drug-likeness (QED) is 0.104. The molecule has 0 spiro atoms. The van der Waals surface area contributed by atoms with Crippen molar-refractivity contribution in [1.29, 1.82) is 0 Å². The molecule has 6 nitrogen and oxygen atoms in total. The molecule has 3 aliphatic heterocycles. The maximum Gasteiger partial charge on any atom is 0.422 e. The minimum atomic E-state index is -0.213. The number of benzene rings is 6. The number of aryl methyl sites for hydroxylation is 2. The number of aromatic nitrogens is 3. The second kappa shape index (κ2) is 11.2. The predicted octanol–water partition coefficient (Wildman–Crippen LogP) is 9.82. The Morgan fingerprint density at radius 2 is 1.39 bits per heavy atom. The summed E-state index contributed by atoms with van der Waals surface area (Å²) in [4.78, 5) is 9.89. The Kier molecular flexibility index (Phi) is 6.43. The molecule has 8 aromatic rings. The minimum Gasteiger partial charge on any atom is -0.458 e. The van der Waals surface area contributed by atoms with Crippen LogP contribution < -0.4 is 24.4 Å². The Morgan fingerprint density at radius 3 is 2.22 bits per heavy atom. The molecule has 258 valence electrons. The topological polar surface area (TPSA) is 37.4 Å². The van der Waals surface area contributed by atoms with Crippen molar-refractivity contribution < 1.29 is 9.30 Å². The molecule has 2 aromatic heterocycles. The molecular weight excluding hydrogens is 661 g/mol. The molecule has 6 aromatic carbocycles.